The number of nitrogens with one attached hydrogen (secondary N) is 1. The van der Waals surface area contributed by atoms with Gasteiger partial charge in [-0.15, -0.1) is 0 Å². The third kappa shape index (κ3) is 4.03. The van der Waals surface area contributed by atoms with E-state index in [-0.39, 0.29) is 0 Å². The highest BCUT2D eigenvalue weighted by atomic mass is 15.2. The van der Waals surface area contributed by atoms with Gasteiger partial charge in [-0.1, -0.05) is 27.7 Å². The van der Waals surface area contributed by atoms with Gasteiger partial charge in [0.05, 0.1) is 0 Å². The lowest BCUT2D eigenvalue weighted by Gasteiger charge is -2.43. The Labute approximate surface area is 123 Å². The average molecular weight is 275 g/mol. The van der Waals surface area contributed by atoms with Crippen molar-refractivity contribution in [2.45, 2.75) is 46.2 Å². The number of aromatic nitrogens is 1. The molecule has 1 aromatic rings. The van der Waals surface area contributed by atoms with Crippen LogP contribution in [0.25, 0.3) is 0 Å². The van der Waals surface area contributed by atoms with Crippen LogP contribution in [0.5, 0.6) is 0 Å². The molecule has 1 saturated heterocycles. The molecule has 0 amide bonds. The van der Waals surface area contributed by atoms with E-state index in [4.69, 9.17) is 0 Å². The lowest BCUT2D eigenvalue weighted by Crippen LogP contribution is -2.59. The lowest BCUT2D eigenvalue weighted by atomic mass is 9.94. The zero-order valence-electron chi connectivity index (χ0n) is 13.3. The predicted molar refractivity (Wildman–Crippen MR) is 84.8 cm³/mol. The van der Waals surface area contributed by atoms with E-state index in [0.717, 1.165) is 19.5 Å². The minimum Gasteiger partial charge on any atom is -0.311 e. The molecule has 112 valence electrons. The van der Waals surface area contributed by atoms with E-state index in [1.54, 1.807) is 0 Å². The second-order valence-electron chi connectivity index (χ2n) is 6.67. The van der Waals surface area contributed by atoms with Crippen LogP contribution in [0.2, 0.25) is 0 Å². The van der Waals surface area contributed by atoms with E-state index in [0.29, 0.717) is 23.9 Å². The van der Waals surface area contributed by atoms with Crippen LogP contribution in [0.1, 0.15) is 33.3 Å². The zero-order chi connectivity index (χ0) is 14.5. The van der Waals surface area contributed by atoms with Crippen molar-refractivity contribution in [3.63, 3.8) is 0 Å². The molecule has 1 aromatic heterocycles. The first kappa shape index (κ1) is 15.5. The quantitative estimate of drug-likeness (QED) is 0.895. The second-order valence-corrected chi connectivity index (χ2v) is 6.67. The van der Waals surface area contributed by atoms with Crippen LogP contribution in [0.15, 0.2) is 24.5 Å². The highest BCUT2D eigenvalue weighted by molar-refractivity contribution is 5.10. The average Bonchev–Trinajstić information content (AvgIpc) is 2.45. The standard InChI is InChI=1S/C17H29N3/c1-13(2)16-12-20(17(11-19-16)14(3)4)10-7-15-5-8-18-9-6-15/h5-6,8-9,13-14,16-17,19H,7,10-12H2,1-4H3. The smallest absolute Gasteiger partial charge is 0.0270 e. The van der Waals surface area contributed by atoms with Crippen LogP contribution in [0.4, 0.5) is 0 Å². The molecule has 0 aliphatic carbocycles. The van der Waals surface area contributed by atoms with Crippen LogP contribution >= 0.6 is 0 Å². The minimum absolute atomic E-state index is 0.627. The number of hydrogen-bond acceptors (Lipinski definition) is 3. The first-order chi connectivity index (χ1) is 9.58. The lowest BCUT2D eigenvalue weighted by molar-refractivity contribution is 0.0864. The van der Waals surface area contributed by atoms with Crippen molar-refractivity contribution in [1.82, 2.24) is 15.2 Å². The number of pyridine rings is 1. The third-order valence-electron chi connectivity index (χ3n) is 4.50. The van der Waals surface area contributed by atoms with Crippen LogP contribution < -0.4 is 5.32 Å². The van der Waals surface area contributed by atoms with Crippen molar-refractivity contribution in [3.05, 3.63) is 30.1 Å². The summed E-state index contributed by atoms with van der Waals surface area (Å²) in [5.41, 5.74) is 1.39. The van der Waals surface area contributed by atoms with Gasteiger partial charge in [-0.05, 0) is 36.0 Å². The molecule has 1 aliphatic heterocycles. The van der Waals surface area contributed by atoms with Gasteiger partial charge in [0.2, 0.25) is 0 Å². The molecule has 3 nitrogen and oxygen atoms in total. The van der Waals surface area contributed by atoms with Gasteiger partial charge in [0.1, 0.15) is 0 Å². The van der Waals surface area contributed by atoms with Gasteiger partial charge in [0, 0.05) is 44.1 Å². The molecule has 3 heteroatoms. The summed E-state index contributed by atoms with van der Waals surface area (Å²) in [4.78, 5) is 6.78. The second kappa shape index (κ2) is 7.19. The van der Waals surface area contributed by atoms with E-state index in [1.165, 1.54) is 12.1 Å². The summed E-state index contributed by atoms with van der Waals surface area (Å²) in [5.74, 6) is 1.40. The van der Waals surface area contributed by atoms with Gasteiger partial charge in [0.25, 0.3) is 0 Å². The zero-order valence-corrected chi connectivity index (χ0v) is 13.3. The fraction of sp³-hybridized carbons (Fsp3) is 0.706. The number of piperazine rings is 1. The molecule has 0 saturated carbocycles. The summed E-state index contributed by atoms with van der Waals surface area (Å²) >= 11 is 0. The van der Waals surface area contributed by atoms with Gasteiger partial charge >= 0.3 is 0 Å². The molecule has 1 N–H and O–H groups in total. The van der Waals surface area contributed by atoms with Gasteiger partial charge in [-0.25, -0.2) is 0 Å². The van der Waals surface area contributed by atoms with Crippen molar-refractivity contribution >= 4 is 0 Å². The molecule has 0 spiro atoms. The highest BCUT2D eigenvalue weighted by Gasteiger charge is 2.30. The Hall–Kier alpha value is -0.930. The molecule has 1 fully saturated rings. The van der Waals surface area contributed by atoms with Gasteiger partial charge in [-0.2, -0.15) is 0 Å². The molecule has 1 aliphatic rings. The van der Waals surface area contributed by atoms with Gasteiger partial charge in [-0.3, -0.25) is 9.88 Å². The summed E-state index contributed by atoms with van der Waals surface area (Å²) < 4.78 is 0. The minimum atomic E-state index is 0.627. The normalized spacial score (nSPS) is 24.5. The summed E-state index contributed by atoms with van der Waals surface area (Å²) in [7, 11) is 0. The highest BCUT2D eigenvalue weighted by Crippen LogP contribution is 2.18. The maximum Gasteiger partial charge on any atom is 0.0270 e. The van der Waals surface area contributed by atoms with Crippen molar-refractivity contribution < 1.29 is 0 Å². The van der Waals surface area contributed by atoms with Crippen LogP contribution in [0.3, 0.4) is 0 Å². The number of hydrogen-bond donors (Lipinski definition) is 1. The fourth-order valence-corrected chi connectivity index (χ4v) is 3.04. The molecule has 2 rings (SSSR count). The monoisotopic (exact) mass is 275 g/mol. The van der Waals surface area contributed by atoms with E-state index < -0.39 is 0 Å². The Bertz CT molecular complexity index is 388. The summed E-state index contributed by atoms with van der Waals surface area (Å²) in [6.45, 7) is 12.7. The largest absolute Gasteiger partial charge is 0.311 e. The van der Waals surface area contributed by atoms with Crippen LogP contribution in [0, 0.1) is 11.8 Å². The van der Waals surface area contributed by atoms with E-state index >= 15 is 0 Å². The topological polar surface area (TPSA) is 28.2 Å². The number of nitrogens with zero attached hydrogens (tertiary/aromatic N) is 2. The molecular weight excluding hydrogens is 246 g/mol. The third-order valence-corrected chi connectivity index (χ3v) is 4.50. The predicted octanol–water partition coefficient (Wildman–Crippen LogP) is 2.58. The van der Waals surface area contributed by atoms with E-state index in [2.05, 4.69) is 55.0 Å². The summed E-state index contributed by atoms with van der Waals surface area (Å²) in [6, 6.07) is 5.55. The maximum atomic E-state index is 4.09. The SMILES string of the molecule is CC(C)C1CN(CCc2ccncc2)C(C(C)C)CN1. The van der Waals surface area contributed by atoms with Crippen LogP contribution in [-0.2, 0) is 6.42 Å². The summed E-state index contributed by atoms with van der Waals surface area (Å²) in [6.07, 6.45) is 4.91. The van der Waals surface area contributed by atoms with Gasteiger partial charge in [0.15, 0.2) is 0 Å². The Morgan fingerprint density at radius 2 is 1.90 bits per heavy atom. The maximum absolute atomic E-state index is 4.09. The first-order valence-electron chi connectivity index (χ1n) is 7.94. The summed E-state index contributed by atoms with van der Waals surface area (Å²) in [5, 5.41) is 3.73. The molecule has 2 atom stereocenters. The van der Waals surface area contributed by atoms with Crippen LogP contribution in [-0.4, -0.2) is 41.6 Å². The molecular formula is C17H29N3. The fourth-order valence-electron chi connectivity index (χ4n) is 3.04. The first-order valence-corrected chi connectivity index (χ1v) is 7.94. The molecule has 2 unspecified atom stereocenters. The van der Waals surface area contributed by atoms with Crippen molar-refractivity contribution in [2.75, 3.05) is 19.6 Å². The van der Waals surface area contributed by atoms with Crippen molar-refractivity contribution in [3.8, 4) is 0 Å². The van der Waals surface area contributed by atoms with E-state index in [1.807, 2.05) is 12.4 Å². The molecule has 0 radical (unpaired) electrons. The Balaban J connectivity index is 1.96. The molecule has 2 heterocycles. The number of rotatable bonds is 5. The van der Waals surface area contributed by atoms with Gasteiger partial charge < -0.3 is 5.32 Å². The Morgan fingerprint density at radius 1 is 1.20 bits per heavy atom. The Morgan fingerprint density at radius 3 is 2.50 bits per heavy atom. The molecule has 0 aromatic carbocycles. The van der Waals surface area contributed by atoms with Crippen molar-refractivity contribution in [1.29, 1.82) is 0 Å². The Kier molecular flexibility index (Phi) is 5.55. The van der Waals surface area contributed by atoms with E-state index in [9.17, 15) is 0 Å². The molecule has 20 heavy (non-hydrogen) atoms. The van der Waals surface area contributed by atoms with Crippen molar-refractivity contribution in [2.24, 2.45) is 11.8 Å². The molecule has 0 bridgehead atoms.